The van der Waals surface area contributed by atoms with Crippen molar-refractivity contribution in [1.82, 2.24) is 20.0 Å². The Hall–Kier alpha value is -0.870. The van der Waals surface area contributed by atoms with Crippen molar-refractivity contribution in [3.63, 3.8) is 0 Å². The van der Waals surface area contributed by atoms with Crippen molar-refractivity contribution in [3.05, 3.63) is 18.0 Å². The van der Waals surface area contributed by atoms with Crippen LogP contribution in [0, 0.1) is 5.92 Å². The Morgan fingerprint density at radius 1 is 1.47 bits per heavy atom. The van der Waals surface area contributed by atoms with Gasteiger partial charge in [-0.1, -0.05) is 6.92 Å². The maximum absolute atomic E-state index is 4.54. The van der Waals surface area contributed by atoms with Crippen LogP contribution in [0.15, 0.2) is 12.3 Å². The summed E-state index contributed by atoms with van der Waals surface area (Å²) in [6.45, 7) is 7.94. The van der Waals surface area contributed by atoms with Crippen LogP contribution in [0.3, 0.4) is 0 Å². The van der Waals surface area contributed by atoms with E-state index in [9.17, 15) is 0 Å². The first-order chi connectivity index (χ1) is 9.10. The van der Waals surface area contributed by atoms with Gasteiger partial charge in [0, 0.05) is 44.5 Å². The third-order valence-corrected chi connectivity index (χ3v) is 5.00. The van der Waals surface area contributed by atoms with E-state index < -0.39 is 0 Å². The van der Waals surface area contributed by atoms with Crippen LogP contribution in [0.25, 0.3) is 0 Å². The third kappa shape index (κ3) is 2.70. The first-order valence-electron chi connectivity index (χ1n) is 7.58. The largest absolute Gasteiger partial charge is 0.311 e. The van der Waals surface area contributed by atoms with Gasteiger partial charge in [0.2, 0.25) is 0 Å². The van der Waals surface area contributed by atoms with Gasteiger partial charge in [-0.15, -0.1) is 0 Å². The van der Waals surface area contributed by atoms with Crippen molar-refractivity contribution >= 4 is 0 Å². The number of hydrogen-bond acceptors (Lipinski definition) is 3. The van der Waals surface area contributed by atoms with Crippen molar-refractivity contribution in [1.29, 1.82) is 0 Å². The van der Waals surface area contributed by atoms with Gasteiger partial charge in [0.05, 0.1) is 5.69 Å². The molecule has 2 fully saturated rings. The molecule has 19 heavy (non-hydrogen) atoms. The van der Waals surface area contributed by atoms with Crippen LogP contribution in [0.5, 0.6) is 0 Å². The van der Waals surface area contributed by atoms with Crippen molar-refractivity contribution in [3.8, 4) is 0 Å². The Kier molecular flexibility index (Phi) is 3.39. The molecule has 4 nitrogen and oxygen atoms in total. The smallest absolute Gasteiger partial charge is 0.0764 e. The van der Waals surface area contributed by atoms with Gasteiger partial charge in [-0.3, -0.25) is 9.58 Å². The summed E-state index contributed by atoms with van der Waals surface area (Å²) in [5, 5.41) is 8.32. The van der Waals surface area contributed by atoms with Crippen molar-refractivity contribution < 1.29 is 0 Å². The molecular weight excluding hydrogens is 236 g/mol. The van der Waals surface area contributed by atoms with Gasteiger partial charge >= 0.3 is 0 Å². The summed E-state index contributed by atoms with van der Waals surface area (Å²) in [4.78, 5) is 2.65. The van der Waals surface area contributed by atoms with E-state index in [1.165, 1.54) is 31.5 Å². The van der Waals surface area contributed by atoms with E-state index in [0.717, 1.165) is 19.0 Å². The van der Waals surface area contributed by atoms with Crippen LogP contribution < -0.4 is 5.32 Å². The molecule has 2 unspecified atom stereocenters. The highest BCUT2D eigenvalue weighted by molar-refractivity contribution is 5.05. The highest BCUT2D eigenvalue weighted by Crippen LogP contribution is 2.36. The highest BCUT2D eigenvalue weighted by Gasteiger charge is 2.41. The second kappa shape index (κ2) is 4.91. The topological polar surface area (TPSA) is 33.1 Å². The lowest BCUT2D eigenvalue weighted by molar-refractivity contribution is 0.0357. The number of nitrogens with zero attached hydrogens (tertiary/aromatic N) is 3. The van der Waals surface area contributed by atoms with Crippen molar-refractivity contribution in [2.45, 2.75) is 51.2 Å². The molecule has 0 aromatic carbocycles. The maximum atomic E-state index is 4.54. The normalized spacial score (nSPS) is 32.7. The molecule has 2 atom stereocenters. The molecular formula is C15H26N4. The fourth-order valence-corrected chi connectivity index (χ4v) is 3.15. The van der Waals surface area contributed by atoms with Crippen LogP contribution >= 0.6 is 0 Å². The van der Waals surface area contributed by atoms with Gasteiger partial charge < -0.3 is 5.32 Å². The second-order valence-electron chi connectivity index (χ2n) is 6.54. The lowest BCUT2D eigenvalue weighted by Gasteiger charge is -2.48. The number of aromatic nitrogens is 2. The van der Waals surface area contributed by atoms with Crippen LogP contribution in [-0.2, 0) is 13.6 Å². The molecule has 0 radical (unpaired) electrons. The van der Waals surface area contributed by atoms with Crippen LogP contribution in [0.4, 0.5) is 0 Å². The summed E-state index contributed by atoms with van der Waals surface area (Å²) < 4.78 is 1.90. The molecule has 1 aromatic rings. The van der Waals surface area contributed by atoms with Crippen LogP contribution in [0.1, 0.15) is 38.8 Å². The molecule has 106 valence electrons. The van der Waals surface area contributed by atoms with E-state index in [2.05, 4.69) is 35.2 Å². The molecule has 1 aliphatic heterocycles. The summed E-state index contributed by atoms with van der Waals surface area (Å²) in [7, 11) is 1.99. The Morgan fingerprint density at radius 2 is 2.26 bits per heavy atom. The summed E-state index contributed by atoms with van der Waals surface area (Å²) in [5.74, 6) is 0.924. The molecule has 2 aliphatic rings. The number of hydrogen-bond donors (Lipinski definition) is 1. The SMILES string of the molecule is CCC1(C)CNC(C2CC2)CN1Cc1ccn(C)n1. The van der Waals surface area contributed by atoms with Gasteiger partial charge in [0.25, 0.3) is 0 Å². The van der Waals surface area contributed by atoms with Crippen LogP contribution in [-0.4, -0.2) is 39.4 Å². The van der Waals surface area contributed by atoms with Gasteiger partial charge in [-0.05, 0) is 38.2 Å². The lowest BCUT2D eigenvalue weighted by Crippen LogP contribution is -2.63. The predicted molar refractivity (Wildman–Crippen MR) is 76.8 cm³/mol. The average molecular weight is 262 g/mol. The van der Waals surface area contributed by atoms with Gasteiger partial charge in [0.1, 0.15) is 0 Å². The number of rotatable bonds is 4. The van der Waals surface area contributed by atoms with Gasteiger partial charge in [-0.2, -0.15) is 5.10 Å². The quantitative estimate of drug-likeness (QED) is 0.898. The van der Waals surface area contributed by atoms with Crippen molar-refractivity contribution in [2.75, 3.05) is 13.1 Å². The number of piperazine rings is 1. The molecule has 4 heteroatoms. The summed E-state index contributed by atoms with van der Waals surface area (Å²) in [5.41, 5.74) is 1.46. The zero-order chi connectivity index (χ0) is 13.5. The minimum Gasteiger partial charge on any atom is -0.311 e. The summed E-state index contributed by atoms with van der Waals surface area (Å²) in [6.07, 6.45) is 6.05. The molecule has 1 N–H and O–H groups in total. The Balaban J connectivity index is 1.72. The molecule has 0 amide bonds. The van der Waals surface area contributed by atoms with Crippen molar-refractivity contribution in [2.24, 2.45) is 13.0 Å². The second-order valence-corrected chi connectivity index (χ2v) is 6.54. The van der Waals surface area contributed by atoms with Crippen LogP contribution in [0.2, 0.25) is 0 Å². The zero-order valence-electron chi connectivity index (χ0n) is 12.4. The average Bonchev–Trinajstić information content (AvgIpc) is 3.16. The van der Waals surface area contributed by atoms with E-state index in [1.54, 1.807) is 0 Å². The molecule has 1 saturated heterocycles. The minimum absolute atomic E-state index is 0.267. The van der Waals surface area contributed by atoms with Gasteiger partial charge in [-0.25, -0.2) is 0 Å². The van der Waals surface area contributed by atoms with E-state index in [4.69, 9.17) is 0 Å². The summed E-state index contributed by atoms with van der Waals surface area (Å²) >= 11 is 0. The number of nitrogens with one attached hydrogen (secondary N) is 1. The molecule has 1 aromatic heterocycles. The molecule has 2 heterocycles. The molecule has 0 spiro atoms. The predicted octanol–water partition coefficient (Wildman–Crippen LogP) is 1.77. The Morgan fingerprint density at radius 3 is 2.84 bits per heavy atom. The minimum atomic E-state index is 0.267. The monoisotopic (exact) mass is 262 g/mol. The molecule has 0 bridgehead atoms. The first kappa shape index (κ1) is 13.1. The van der Waals surface area contributed by atoms with E-state index in [1.807, 2.05) is 17.9 Å². The fourth-order valence-electron chi connectivity index (χ4n) is 3.15. The van der Waals surface area contributed by atoms with E-state index >= 15 is 0 Å². The third-order valence-electron chi connectivity index (χ3n) is 5.00. The Bertz CT molecular complexity index is 437. The molecule has 3 rings (SSSR count). The van der Waals surface area contributed by atoms with E-state index in [0.29, 0.717) is 6.04 Å². The zero-order valence-corrected chi connectivity index (χ0v) is 12.4. The van der Waals surface area contributed by atoms with E-state index in [-0.39, 0.29) is 5.54 Å². The fraction of sp³-hybridized carbons (Fsp3) is 0.800. The summed E-state index contributed by atoms with van der Waals surface area (Å²) in [6, 6.07) is 2.84. The number of aryl methyl sites for hydroxylation is 1. The molecule has 1 aliphatic carbocycles. The Labute approximate surface area is 116 Å². The maximum Gasteiger partial charge on any atom is 0.0764 e. The first-order valence-corrected chi connectivity index (χ1v) is 7.58. The lowest BCUT2D eigenvalue weighted by atomic mass is 9.91. The van der Waals surface area contributed by atoms with Gasteiger partial charge in [0.15, 0.2) is 0 Å². The standard InChI is InChI=1S/C15H26N4/c1-4-15(2)11-16-14(12-5-6-12)10-19(15)9-13-7-8-18(3)17-13/h7-8,12,14,16H,4-6,9-11H2,1-3H3. The highest BCUT2D eigenvalue weighted by atomic mass is 15.3. The molecule has 1 saturated carbocycles.